The van der Waals surface area contributed by atoms with Crippen molar-refractivity contribution in [1.82, 2.24) is 4.98 Å². The third-order valence-corrected chi connectivity index (χ3v) is 4.69. The third-order valence-electron chi connectivity index (χ3n) is 2.79. The average Bonchev–Trinajstić information content (AvgIpc) is 2.69. The Bertz CT molecular complexity index is 483. The lowest BCUT2D eigenvalue weighted by atomic mass is 10.1. The molecule has 1 atom stereocenters. The van der Waals surface area contributed by atoms with Gasteiger partial charge in [-0.15, -0.1) is 23.1 Å². The van der Waals surface area contributed by atoms with Gasteiger partial charge in [-0.25, -0.2) is 4.98 Å². The van der Waals surface area contributed by atoms with Crippen molar-refractivity contribution in [2.75, 3.05) is 6.26 Å². The Balaban J connectivity index is 2.26. The van der Waals surface area contributed by atoms with Crippen LogP contribution in [0.4, 0.5) is 0 Å². The molecule has 0 aliphatic heterocycles. The first-order valence-electron chi connectivity index (χ1n) is 5.45. The number of rotatable bonds is 3. The maximum atomic E-state index is 6.23. The molecule has 2 N–H and O–H groups in total. The Morgan fingerprint density at radius 3 is 2.35 bits per heavy atom. The van der Waals surface area contributed by atoms with Gasteiger partial charge >= 0.3 is 0 Å². The number of thioether (sulfide) groups is 1. The number of hydrogen-bond acceptors (Lipinski definition) is 4. The van der Waals surface area contributed by atoms with Crippen LogP contribution >= 0.6 is 23.1 Å². The van der Waals surface area contributed by atoms with E-state index in [0.29, 0.717) is 0 Å². The molecular weight excluding hydrogens is 248 g/mol. The molecule has 17 heavy (non-hydrogen) atoms. The highest BCUT2D eigenvalue weighted by atomic mass is 32.2. The number of hydrogen-bond donors (Lipinski definition) is 1. The summed E-state index contributed by atoms with van der Waals surface area (Å²) in [5.74, 6) is 0. The number of nitrogens with two attached hydrogens (primary N) is 1. The van der Waals surface area contributed by atoms with Crippen LogP contribution in [0.15, 0.2) is 29.2 Å². The predicted molar refractivity (Wildman–Crippen MR) is 75.8 cm³/mol. The summed E-state index contributed by atoms with van der Waals surface area (Å²) in [6.07, 6.45) is 2.07. The molecule has 0 spiro atoms. The Kier molecular flexibility index (Phi) is 3.86. The Morgan fingerprint density at radius 2 is 1.88 bits per heavy atom. The molecule has 0 aliphatic carbocycles. The summed E-state index contributed by atoms with van der Waals surface area (Å²) in [5.41, 5.74) is 8.44. The van der Waals surface area contributed by atoms with Gasteiger partial charge in [-0.1, -0.05) is 12.1 Å². The van der Waals surface area contributed by atoms with Crippen LogP contribution in [0, 0.1) is 13.8 Å². The zero-order valence-electron chi connectivity index (χ0n) is 10.2. The second-order valence-corrected chi connectivity index (χ2v) is 6.06. The fourth-order valence-corrected chi connectivity index (χ4v) is 2.95. The van der Waals surface area contributed by atoms with Crippen molar-refractivity contribution < 1.29 is 0 Å². The van der Waals surface area contributed by atoms with Crippen LogP contribution in [-0.2, 0) is 0 Å². The minimum absolute atomic E-state index is 0.108. The van der Waals surface area contributed by atoms with Crippen LogP contribution in [0.25, 0.3) is 0 Å². The molecule has 4 heteroatoms. The molecule has 1 aromatic heterocycles. The first kappa shape index (κ1) is 12.6. The summed E-state index contributed by atoms with van der Waals surface area (Å²) in [7, 11) is 0. The van der Waals surface area contributed by atoms with Gasteiger partial charge < -0.3 is 5.73 Å². The van der Waals surface area contributed by atoms with E-state index in [0.717, 1.165) is 16.3 Å². The van der Waals surface area contributed by atoms with Crippen LogP contribution < -0.4 is 5.73 Å². The molecule has 0 saturated carbocycles. The summed E-state index contributed by atoms with van der Waals surface area (Å²) in [6, 6.07) is 8.27. The predicted octanol–water partition coefficient (Wildman–Crippen LogP) is 3.53. The second kappa shape index (κ2) is 5.21. The smallest absolute Gasteiger partial charge is 0.114 e. The van der Waals surface area contributed by atoms with Crippen LogP contribution in [0.3, 0.4) is 0 Å². The Morgan fingerprint density at radius 1 is 1.24 bits per heavy atom. The molecule has 0 bridgehead atoms. The number of benzene rings is 1. The van der Waals surface area contributed by atoms with Crippen molar-refractivity contribution in [1.29, 1.82) is 0 Å². The molecule has 1 aromatic carbocycles. The molecule has 1 unspecified atom stereocenters. The number of aryl methyl sites for hydroxylation is 2. The minimum atomic E-state index is -0.108. The average molecular weight is 264 g/mol. The highest BCUT2D eigenvalue weighted by Gasteiger charge is 2.14. The molecule has 0 fully saturated rings. The fraction of sp³-hybridized carbons (Fsp3) is 0.308. The molecule has 0 saturated heterocycles. The zero-order chi connectivity index (χ0) is 12.4. The van der Waals surface area contributed by atoms with Crippen molar-refractivity contribution in [2.24, 2.45) is 5.73 Å². The van der Waals surface area contributed by atoms with Crippen LogP contribution in [0.5, 0.6) is 0 Å². The van der Waals surface area contributed by atoms with Gasteiger partial charge in [0.15, 0.2) is 0 Å². The van der Waals surface area contributed by atoms with Gasteiger partial charge in [-0.05, 0) is 37.8 Å². The van der Waals surface area contributed by atoms with Gasteiger partial charge in [0.1, 0.15) is 5.01 Å². The normalized spacial score (nSPS) is 12.7. The Labute approximate surface area is 110 Å². The van der Waals surface area contributed by atoms with Gasteiger partial charge in [0.2, 0.25) is 0 Å². The van der Waals surface area contributed by atoms with Crippen LogP contribution in [0.1, 0.15) is 27.2 Å². The maximum Gasteiger partial charge on any atom is 0.114 e. The maximum absolute atomic E-state index is 6.23. The molecule has 0 amide bonds. The van der Waals surface area contributed by atoms with Crippen LogP contribution in [-0.4, -0.2) is 11.2 Å². The molecule has 2 nitrogen and oxygen atoms in total. The van der Waals surface area contributed by atoms with Crippen molar-refractivity contribution in [2.45, 2.75) is 24.8 Å². The summed E-state index contributed by atoms with van der Waals surface area (Å²) in [6.45, 7) is 4.11. The molecular formula is C13H16N2S2. The van der Waals surface area contributed by atoms with E-state index in [9.17, 15) is 0 Å². The summed E-state index contributed by atoms with van der Waals surface area (Å²) < 4.78 is 0. The highest BCUT2D eigenvalue weighted by Crippen LogP contribution is 2.27. The summed E-state index contributed by atoms with van der Waals surface area (Å²) in [4.78, 5) is 7.02. The molecule has 1 heterocycles. The van der Waals surface area contributed by atoms with Gasteiger partial charge in [0.05, 0.1) is 11.7 Å². The van der Waals surface area contributed by atoms with E-state index in [-0.39, 0.29) is 6.04 Å². The fourth-order valence-electron chi connectivity index (χ4n) is 1.58. The molecule has 0 radical (unpaired) electrons. The third kappa shape index (κ3) is 2.70. The molecule has 90 valence electrons. The van der Waals surface area contributed by atoms with Crippen LogP contribution in [0.2, 0.25) is 0 Å². The lowest BCUT2D eigenvalue weighted by molar-refractivity contribution is 0.850. The van der Waals surface area contributed by atoms with Gasteiger partial charge in [-0.2, -0.15) is 0 Å². The first-order valence-corrected chi connectivity index (χ1v) is 7.49. The number of aromatic nitrogens is 1. The van der Waals surface area contributed by atoms with Gasteiger partial charge in [-0.3, -0.25) is 0 Å². The van der Waals surface area contributed by atoms with E-state index < -0.39 is 0 Å². The first-order chi connectivity index (χ1) is 8.11. The largest absolute Gasteiger partial charge is 0.318 e. The Hall–Kier alpha value is -0.840. The van der Waals surface area contributed by atoms with E-state index in [1.165, 1.54) is 9.77 Å². The van der Waals surface area contributed by atoms with E-state index in [2.05, 4.69) is 42.4 Å². The van der Waals surface area contributed by atoms with Gasteiger partial charge in [0.25, 0.3) is 0 Å². The zero-order valence-corrected chi connectivity index (χ0v) is 11.9. The van der Waals surface area contributed by atoms with E-state index >= 15 is 0 Å². The lowest BCUT2D eigenvalue weighted by Crippen LogP contribution is -2.11. The number of thiazole rings is 1. The van der Waals surface area contributed by atoms with Crippen molar-refractivity contribution >= 4 is 23.1 Å². The summed E-state index contributed by atoms with van der Waals surface area (Å²) >= 11 is 3.42. The number of nitrogens with zero attached hydrogens (tertiary/aromatic N) is 1. The SMILES string of the molecule is CSc1ccc(C(N)c2nc(C)c(C)s2)cc1. The molecule has 2 aromatic rings. The second-order valence-electron chi connectivity index (χ2n) is 3.94. The van der Waals surface area contributed by atoms with E-state index in [4.69, 9.17) is 5.73 Å². The van der Waals surface area contributed by atoms with Gasteiger partial charge in [0, 0.05) is 9.77 Å². The van der Waals surface area contributed by atoms with E-state index in [1.807, 2.05) is 6.92 Å². The van der Waals surface area contributed by atoms with Crippen molar-refractivity contribution in [3.05, 3.63) is 45.4 Å². The highest BCUT2D eigenvalue weighted by molar-refractivity contribution is 7.98. The quantitative estimate of drug-likeness (QED) is 0.862. The molecule has 0 aliphatic rings. The van der Waals surface area contributed by atoms with Crippen molar-refractivity contribution in [3.63, 3.8) is 0 Å². The summed E-state index contributed by atoms with van der Waals surface area (Å²) in [5, 5.41) is 0.997. The monoisotopic (exact) mass is 264 g/mol. The lowest BCUT2D eigenvalue weighted by Gasteiger charge is -2.09. The van der Waals surface area contributed by atoms with Crippen molar-refractivity contribution in [3.8, 4) is 0 Å². The minimum Gasteiger partial charge on any atom is -0.318 e. The molecule has 2 rings (SSSR count). The standard InChI is InChI=1S/C13H16N2S2/c1-8-9(2)17-13(15-8)12(14)10-4-6-11(16-3)7-5-10/h4-7,12H,14H2,1-3H3. The topological polar surface area (TPSA) is 38.9 Å². The van der Waals surface area contributed by atoms with E-state index in [1.54, 1.807) is 23.1 Å².